The van der Waals surface area contributed by atoms with Crippen molar-refractivity contribution < 1.29 is 9.47 Å². The van der Waals surface area contributed by atoms with E-state index in [2.05, 4.69) is 56.7 Å². The zero-order valence-electron chi connectivity index (χ0n) is 19.3. The third-order valence-electron chi connectivity index (χ3n) is 6.47. The van der Waals surface area contributed by atoms with Gasteiger partial charge in [-0.1, -0.05) is 42.5 Å². The lowest BCUT2D eigenvalue weighted by Crippen LogP contribution is -2.32. The minimum atomic E-state index is -0.371. The van der Waals surface area contributed by atoms with Crippen LogP contribution in [0.15, 0.2) is 84.7 Å². The monoisotopic (exact) mass is 451 g/mol. The van der Waals surface area contributed by atoms with Crippen LogP contribution >= 0.6 is 0 Å². The second-order valence-corrected chi connectivity index (χ2v) is 8.61. The molecule has 7 nitrogen and oxygen atoms in total. The summed E-state index contributed by atoms with van der Waals surface area (Å²) in [5.74, 6) is 2.31. The fraction of sp³-hybridized carbons (Fsp3) is 0.185. The average molecular weight is 452 g/mol. The van der Waals surface area contributed by atoms with Crippen molar-refractivity contribution in [2.45, 2.75) is 12.1 Å². The Bertz CT molecular complexity index is 1390. The van der Waals surface area contributed by atoms with Crippen molar-refractivity contribution in [3.63, 3.8) is 0 Å². The summed E-state index contributed by atoms with van der Waals surface area (Å²) >= 11 is 0. The third kappa shape index (κ3) is 3.12. The molecule has 7 heteroatoms. The van der Waals surface area contributed by atoms with Gasteiger partial charge in [-0.15, -0.1) is 0 Å². The molecule has 2 aliphatic heterocycles. The van der Waals surface area contributed by atoms with Crippen LogP contribution in [-0.4, -0.2) is 36.0 Å². The van der Waals surface area contributed by atoms with E-state index < -0.39 is 0 Å². The predicted molar refractivity (Wildman–Crippen MR) is 132 cm³/mol. The molecule has 0 fully saturated rings. The summed E-state index contributed by atoms with van der Waals surface area (Å²) in [7, 11) is 5.77. The first-order valence-corrected chi connectivity index (χ1v) is 11.2. The number of ether oxygens (including phenoxy) is 2. The van der Waals surface area contributed by atoms with Crippen LogP contribution in [0.5, 0.6) is 11.5 Å². The highest BCUT2D eigenvalue weighted by molar-refractivity contribution is 5.85. The Kier molecular flexibility index (Phi) is 4.76. The molecule has 170 valence electrons. The highest BCUT2D eigenvalue weighted by Gasteiger charge is 2.41. The van der Waals surface area contributed by atoms with Crippen LogP contribution in [-0.2, 0) is 0 Å². The normalized spacial score (nSPS) is 18.2. The summed E-state index contributed by atoms with van der Waals surface area (Å²) in [5, 5.41) is 8.14. The van der Waals surface area contributed by atoms with Crippen LogP contribution < -0.4 is 19.7 Å². The first-order valence-electron chi connectivity index (χ1n) is 11.2. The van der Waals surface area contributed by atoms with Crippen molar-refractivity contribution in [1.82, 2.24) is 14.8 Å². The van der Waals surface area contributed by atoms with Crippen LogP contribution in [0.25, 0.3) is 5.70 Å². The molecular formula is C27H25N5O2. The summed E-state index contributed by atoms with van der Waals surface area (Å²) in [6.07, 6.45) is 1.22. The lowest BCUT2D eigenvalue weighted by molar-refractivity contribution is 0.217. The van der Waals surface area contributed by atoms with Crippen molar-refractivity contribution in [2.75, 3.05) is 31.4 Å². The summed E-state index contributed by atoms with van der Waals surface area (Å²) in [5.41, 5.74) is 6.28. The lowest BCUT2D eigenvalue weighted by Gasteiger charge is -2.39. The van der Waals surface area contributed by atoms with Crippen LogP contribution in [0, 0.1) is 0 Å². The molecule has 1 aromatic heterocycles. The van der Waals surface area contributed by atoms with E-state index in [9.17, 15) is 0 Å². The SMILES string of the molecule is COc1ccccc1[C@H]1Oc2ccccc2C2=C1[C@H](c1ccc(N(C)C)cc1)n1ncnc1N2. The fourth-order valence-corrected chi connectivity index (χ4v) is 4.83. The van der Waals surface area contributed by atoms with Gasteiger partial charge in [0, 0.05) is 36.5 Å². The molecule has 0 unspecified atom stereocenters. The zero-order valence-corrected chi connectivity index (χ0v) is 19.3. The summed E-state index contributed by atoms with van der Waals surface area (Å²) in [6, 6.07) is 24.5. The van der Waals surface area contributed by atoms with Gasteiger partial charge >= 0.3 is 0 Å². The number of para-hydroxylation sites is 2. The molecule has 6 rings (SSSR count). The van der Waals surface area contributed by atoms with E-state index in [1.807, 2.05) is 55.2 Å². The van der Waals surface area contributed by atoms with Gasteiger partial charge in [-0.2, -0.15) is 10.1 Å². The standard InChI is InChI=1S/C27H25N5O2/c1-31(2)18-14-12-17(13-15-18)25-23-24(30-27-28-16-29-32(25)27)19-8-4-7-11-22(19)34-26(23)20-9-5-6-10-21(20)33-3/h4-16,25-26H,1-3H3,(H,28,29,30)/t25-,26+/m0/s1. The molecular weight excluding hydrogens is 426 g/mol. The number of rotatable bonds is 4. The van der Waals surface area contributed by atoms with E-state index in [1.54, 1.807) is 13.4 Å². The van der Waals surface area contributed by atoms with Gasteiger partial charge in [0.1, 0.15) is 23.9 Å². The Labute approximate surface area is 198 Å². The fourth-order valence-electron chi connectivity index (χ4n) is 4.83. The Morgan fingerprint density at radius 2 is 1.74 bits per heavy atom. The molecule has 34 heavy (non-hydrogen) atoms. The van der Waals surface area contributed by atoms with Crippen LogP contribution in [0.2, 0.25) is 0 Å². The maximum Gasteiger partial charge on any atom is 0.226 e. The molecule has 2 aliphatic rings. The van der Waals surface area contributed by atoms with Gasteiger partial charge in [0.25, 0.3) is 0 Å². The van der Waals surface area contributed by atoms with Crippen molar-refractivity contribution in [3.8, 4) is 11.5 Å². The number of hydrogen-bond acceptors (Lipinski definition) is 6. The van der Waals surface area contributed by atoms with Gasteiger partial charge < -0.3 is 19.7 Å². The number of methoxy groups -OCH3 is 1. The Morgan fingerprint density at radius 1 is 0.971 bits per heavy atom. The second kappa shape index (κ2) is 7.95. The largest absolute Gasteiger partial charge is 0.496 e. The summed E-state index contributed by atoms with van der Waals surface area (Å²) in [6.45, 7) is 0. The van der Waals surface area contributed by atoms with E-state index in [1.165, 1.54) is 0 Å². The van der Waals surface area contributed by atoms with Gasteiger partial charge in [-0.25, -0.2) is 4.68 Å². The first kappa shape index (κ1) is 20.4. The molecule has 1 N–H and O–H groups in total. The van der Waals surface area contributed by atoms with E-state index in [0.717, 1.165) is 45.1 Å². The minimum Gasteiger partial charge on any atom is -0.496 e. The highest BCUT2D eigenvalue weighted by atomic mass is 16.5. The molecule has 2 atom stereocenters. The molecule has 0 saturated heterocycles. The van der Waals surface area contributed by atoms with E-state index in [4.69, 9.17) is 9.47 Å². The molecule has 0 aliphatic carbocycles. The van der Waals surface area contributed by atoms with E-state index in [0.29, 0.717) is 5.95 Å². The van der Waals surface area contributed by atoms with Gasteiger partial charge in [0.15, 0.2) is 6.10 Å². The summed E-state index contributed by atoms with van der Waals surface area (Å²) < 4.78 is 14.4. The Hall–Kier alpha value is -4.26. The number of fused-ring (bicyclic) bond motifs is 3. The Morgan fingerprint density at radius 3 is 2.53 bits per heavy atom. The number of nitrogens with one attached hydrogen (secondary N) is 1. The van der Waals surface area contributed by atoms with Crippen molar-refractivity contribution in [2.24, 2.45) is 0 Å². The van der Waals surface area contributed by atoms with Crippen LogP contribution in [0.1, 0.15) is 28.8 Å². The van der Waals surface area contributed by atoms with Crippen LogP contribution in [0.4, 0.5) is 11.6 Å². The van der Waals surface area contributed by atoms with Gasteiger partial charge in [0.2, 0.25) is 5.95 Å². The number of anilines is 2. The average Bonchev–Trinajstić information content (AvgIpc) is 3.35. The molecule has 4 aromatic rings. The third-order valence-corrected chi connectivity index (χ3v) is 6.47. The first-order chi connectivity index (χ1) is 16.7. The minimum absolute atomic E-state index is 0.201. The summed E-state index contributed by atoms with van der Waals surface area (Å²) in [4.78, 5) is 6.60. The van der Waals surface area contributed by atoms with Gasteiger partial charge in [-0.3, -0.25) is 0 Å². The molecule has 3 heterocycles. The number of aromatic nitrogens is 3. The Balaban J connectivity index is 1.61. The maximum absolute atomic E-state index is 6.69. The van der Waals surface area contributed by atoms with E-state index >= 15 is 0 Å². The van der Waals surface area contributed by atoms with Gasteiger partial charge in [0.05, 0.1) is 12.8 Å². The zero-order chi connectivity index (χ0) is 23.2. The van der Waals surface area contributed by atoms with Crippen molar-refractivity contribution in [1.29, 1.82) is 0 Å². The molecule has 0 radical (unpaired) electrons. The molecule has 0 bridgehead atoms. The molecule has 0 spiro atoms. The topological polar surface area (TPSA) is 64.4 Å². The molecule has 0 saturated carbocycles. The quantitative estimate of drug-likeness (QED) is 0.476. The molecule has 0 amide bonds. The van der Waals surface area contributed by atoms with Gasteiger partial charge in [-0.05, 0) is 35.9 Å². The van der Waals surface area contributed by atoms with Crippen LogP contribution in [0.3, 0.4) is 0 Å². The highest BCUT2D eigenvalue weighted by Crippen LogP contribution is 2.51. The van der Waals surface area contributed by atoms with Crippen molar-refractivity contribution in [3.05, 3.63) is 101 Å². The van der Waals surface area contributed by atoms with E-state index in [-0.39, 0.29) is 12.1 Å². The number of hydrogen-bond donors (Lipinski definition) is 1. The lowest BCUT2D eigenvalue weighted by atomic mass is 9.84. The second-order valence-electron chi connectivity index (χ2n) is 8.61. The number of benzene rings is 3. The van der Waals surface area contributed by atoms with Crippen molar-refractivity contribution >= 4 is 17.3 Å². The maximum atomic E-state index is 6.69. The smallest absolute Gasteiger partial charge is 0.226 e. The number of nitrogens with zero attached hydrogens (tertiary/aromatic N) is 4. The molecule has 3 aromatic carbocycles. The predicted octanol–water partition coefficient (Wildman–Crippen LogP) is 4.91.